The number of thioether (sulfide) groups is 1. The van der Waals surface area contributed by atoms with Crippen molar-refractivity contribution in [3.8, 4) is 32.8 Å². The molecule has 0 fully saturated rings. The smallest absolute Gasteiger partial charge is 0.123 e. The number of hydrogen-bond acceptors (Lipinski definition) is 4. The van der Waals surface area contributed by atoms with Gasteiger partial charge in [0, 0.05) is 45.8 Å². The fourth-order valence-electron chi connectivity index (χ4n) is 6.74. The van der Waals surface area contributed by atoms with E-state index in [1.807, 2.05) is 18.0 Å². The number of nitrogens with zero attached hydrogens (tertiary/aromatic N) is 2. The standard InChI is InChI=1S/C32H30N2S2/c1-17-11-19(29-33-7-9-35-29)13-25-27(17)21-15-24-22(16-23(21)31(25,3)4)28-18(2)12-20(30-34-8-10-36-30)14-26(28)32(24,5)6/h7,9,11-16H,8,10H2,1-6H3. The molecule has 0 radical (unpaired) electrons. The average Bonchev–Trinajstić information content (AvgIpc) is 3.62. The number of thiazole rings is 1. The van der Waals surface area contributed by atoms with Gasteiger partial charge in [-0.1, -0.05) is 27.7 Å². The van der Waals surface area contributed by atoms with Gasteiger partial charge in [0.1, 0.15) is 5.01 Å². The SMILES string of the molecule is Cc1cc(C2=NCCS2)cc2c1-c1cc3c(cc1C2(C)C)-c1c(C)cc(-c2nccs2)cc1C3(C)C. The van der Waals surface area contributed by atoms with E-state index in [4.69, 9.17) is 4.99 Å². The summed E-state index contributed by atoms with van der Waals surface area (Å²) in [5.41, 5.74) is 16.5. The zero-order valence-electron chi connectivity index (χ0n) is 21.7. The molecule has 0 unspecified atom stereocenters. The topological polar surface area (TPSA) is 25.2 Å². The van der Waals surface area contributed by atoms with E-state index in [2.05, 4.69) is 88.3 Å². The molecule has 4 heteroatoms. The van der Waals surface area contributed by atoms with Crippen LogP contribution in [-0.4, -0.2) is 22.3 Å². The zero-order valence-corrected chi connectivity index (χ0v) is 23.4. The van der Waals surface area contributed by atoms with Gasteiger partial charge in [-0.2, -0.15) is 0 Å². The highest BCUT2D eigenvalue weighted by Crippen LogP contribution is 2.57. The molecule has 0 spiro atoms. The quantitative estimate of drug-likeness (QED) is 0.272. The van der Waals surface area contributed by atoms with Gasteiger partial charge in [0.25, 0.3) is 0 Å². The molecule has 2 heterocycles. The Morgan fingerprint density at radius 1 is 0.722 bits per heavy atom. The number of hydrogen-bond donors (Lipinski definition) is 0. The van der Waals surface area contributed by atoms with Crippen LogP contribution in [0.5, 0.6) is 0 Å². The summed E-state index contributed by atoms with van der Waals surface area (Å²) in [6, 6.07) is 14.5. The number of aryl methyl sites for hydroxylation is 2. The molecule has 180 valence electrons. The lowest BCUT2D eigenvalue weighted by Crippen LogP contribution is -2.17. The maximum Gasteiger partial charge on any atom is 0.123 e. The first-order valence-corrected chi connectivity index (χ1v) is 14.6. The Morgan fingerprint density at radius 2 is 1.31 bits per heavy atom. The number of benzene rings is 3. The molecule has 7 rings (SSSR count). The Bertz CT molecular complexity index is 1620. The van der Waals surface area contributed by atoms with Crippen LogP contribution in [0.1, 0.15) is 66.6 Å². The van der Waals surface area contributed by atoms with Gasteiger partial charge in [-0.25, -0.2) is 4.98 Å². The maximum absolute atomic E-state index is 4.78. The fraction of sp³-hybridized carbons (Fsp3) is 0.312. The van der Waals surface area contributed by atoms with Crippen molar-refractivity contribution >= 4 is 28.1 Å². The van der Waals surface area contributed by atoms with Crippen molar-refractivity contribution in [1.82, 2.24) is 4.98 Å². The summed E-state index contributed by atoms with van der Waals surface area (Å²) >= 11 is 3.61. The van der Waals surface area contributed by atoms with Crippen LogP contribution in [0.2, 0.25) is 0 Å². The summed E-state index contributed by atoms with van der Waals surface area (Å²) < 4.78 is 0. The first-order chi connectivity index (χ1) is 17.2. The maximum atomic E-state index is 4.78. The van der Waals surface area contributed by atoms with E-state index >= 15 is 0 Å². The molecular formula is C32H30N2S2. The zero-order chi connectivity index (χ0) is 25.0. The molecule has 2 aliphatic carbocycles. The van der Waals surface area contributed by atoms with Gasteiger partial charge in [-0.05, 0) is 106 Å². The van der Waals surface area contributed by atoms with Crippen LogP contribution in [0.3, 0.4) is 0 Å². The van der Waals surface area contributed by atoms with Gasteiger partial charge in [0.2, 0.25) is 0 Å². The van der Waals surface area contributed by atoms with E-state index in [9.17, 15) is 0 Å². The summed E-state index contributed by atoms with van der Waals surface area (Å²) in [6.07, 6.45) is 1.90. The molecule has 36 heavy (non-hydrogen) atoms. The number of rotatable bonds is 2. The molecule has 0 amide bonds. The highest BCUT2D eigenvalue weighted by atomic mass is 32.2. The summed E-state index contributed by atoms with van der Waals surface area (Å²) in [4.78, 5) is 9.37. The lowest BCUT2D eigenvalue weighted by molar-refractivity contribution is 0.652. The minimum absolute atomic E-state index is 0.0497. The molecule has 3 aliphatic rings. The molecule has 0 bridgehead atoms. The predicted molar refractivity (Wildman–Crippen MR) is 156 cm³/mol. The van der Waals surface area contributed by atoms with E-state index in [0.29, 0.717) is 0 Å². The van der Waals surface area contributed by atoms with Crippen LogP contribution in [0.15, 0.2) is 53.0 Å². The van der Waals surface area contributed by atoms with Crippen molar-refractivity contribution in [3.05, 3.63) is 86.9 Å². The normalized spacial score (nSPS) is 18.0. The Kier molecular flexibility index (Phi) is 4.64. The largest absolute Gasteiger partial charge is 0.277 e. The monoisotopic (exact) mass is 506 g/mol. The minimum Gasteiger partial charge on any atom is -0.277 e. The lowest BCUT2D eigenvalue weighted by Gasteiger charge is -2.24. The fourth-order valence-corrected chi connectivity index (χ4v) is 8.20. The number of fused-ring (bicyclic) bond motifs is 6. The van der Waals surface area contributed by atoms with Crippen LogP contribution in [0.25, 0.3) is 32.8 Å². The molecule has 4 aromatic rings. The Balaban J connectivity index is 1.45. The third-order valence-electron chi connectivity index (χ3n) is 8.57. The number of aliphatic imine (C=N–C) groups is 1. The van der Waals surface area contributed by atoms with Crippen LogP contribution < -0.4 is 0 Å². The van der Waals surface area contributed by atoms with Gasteiger partial charge in [-0.3, -0.25) is 4.99 Å². The van der Waals surface area contributed by atoms with Crippen LogP contribution in [0.4, 0.5) is 0 Å². The van der Waals surface area contributed by atoms with E-state index in [1.165, 1.54) is 71.8 Å². The molecule has 3 aromatic carbocycles. The van der Waals surface area contributed by atoms with Crippen LogP contribution in [0, 0.1) is 13.8 Å². The van der Waals surface area contributed by atoms with Gasteiger partial charge in [0.05, 0.1) is 5.04 Å². The summed E-state index contributed by atoms with van der Waals surface area (Å²) in [5, 5.41) is 4.37. The van der Waals surface area contributed by atoms with E-state index in [0.717, 1.165) is 17.3 Å². The van der Waals surface area contributed by atoms with Gasteiger partial charge >= 0.3 is 0 Å². The number of aromatic nitrogens is 1. The van der Waals surface area contributed by atoms with E-state index in [-0.39, 0.29) is 10.8 Å². The molecule has 2 nitrogen and oxygen atoms in total. The Morgan fingerprint density at radius 3 is 1.83 bits per heavy atom. The summed E-state index contributed by atoms with van der Waals surface area (Å²) in [5.74, 6) is 1.10. The third-order valence-corrected chi connectivity index (χ3v) is 10.4. The highest BCUT2D eigenvalue weighted by Gasteiger charge is 2.43. The van der Waals surface area contributed by atoms with Crippen molar-refractivity contribution in [1.29, 1.82) is 0 Å². The molecule has 0 N–H and O–H groups in total. The van der Waals surface area contributed by atoms with Crippen LogP contribution in [-0.2, 0) is 10.8 Å². The van der Waals surface area contributed by atoms with E-state index < -0.39 is 0 Å². The molecular weight excluding hydrogens is 477 g/mol. The van der Waals surface area contributed by atoms with Gasteiger partial charge in [0.15, 0.2) is 0 Å². The molecule has 0 saturated heterocycles. The summed E-state index contributed by atoms with van der Waals surface area (Å²) in [7, 11) is 0. The van der Waals surface area contributed by atoms with E-state index in [1.54, 1.807) is 11.3 Å². The second-order valence-electron chi connectivity index (χ2n) is 11.5. The average molecular weight is 507 g/mol. The van der Waals surface area contributed by atoms with Gasteiger partial charge in [-0.15, -0.1) is 23.1 Å². The van der Waals surface area contributed by atoms with Crippen LogP contribution >= 0.6 is 23.1 Å². The third kappa shape index (κ3) is 2.92. The first-order valence-electron chi connectivity index (χ1n) is 12.8. The molecule has 1 aromatic heterocycles. The van der Waals surface area contributed by atoms with Crippen molar-refractivity contribution in [2.75, 3.05) is 12.3 Å². The Labute approximate surface area is 221 Å². The molecule has 0 atom stereocenters. The van der Waals surface area contributed by atoms with Crippen molar-refractivity contribution in [2.45, 2.75) is 52.4 Å². The second-order valence-corrected chi connectivity index (χ2v) is 13.5. The van der Waals surface area contributed by atoms with Crippen molar-refractivity contribution in [3.63, 3.8) is 0 Å². The molecule has 0 saturated carbocycles. The van der Waals surface area contributed by atoms with Crippen molar-refractivity contribution < 1.29 is 0 Å². The summed E-state index contributed by atoms with van der Waals surface area (Å²) in [6.45, 7) is 15.1. The Hall–Kier alpha value is -2.69. The molecule has 1 aliphatic heterocycles. The second kappa shape index (κ2) is 7.43. The highest BCUT2D eigenvalue weighted by molar-refractivity contribution is 8.14. The van der Waals surface area contributed by atoms with Gasteiger partial charge < -0.3 is 0 Å². The lowest BCUT2D eigenvalue weighted by atomic mass is 9.79. The minimum atomic E-state index is -0.0618. The van der Waals surface area contributed by atoms with Crippen molar-refractivity contribution in [2.24, 2.45) is 4.99 Å². The predicted octanol–water partition coefficient (Wildman–Crippen LogP) is 8.53. The first kappa shape index (κ1) is 22.5.